The highest BCUT2D eigenvalue weighted by molar-refractivity contribution is 5.90. The summed E-state index contributed by atoms with van der Waals surface area (Å²) in [5.41, 5.74) is 0.253. The third kappa shape index (κ3) is 1.71. The van der Waals surface area contributed by atoms with Crippen molar-refractivity contribution in [1.82, 2.24) is 4.90 Å². The minimum absolute atomic E-state index is 0.0393. The first kappa shape index (κ1) is 12.6. The van der Waals surface area contributed by atoms with Gasteiger partial charge in [-0.3, -0.25) is 9.59 Å². The van der Waals surface area contributed by atoms with Gasteiger partial charge in [0.1, 0.15) is 0 Å². The van der Waals surface area contributed by atoms with Crippen molar-refractivity contribution in [2.24, 2.45) is 23.2 Å². The normalized spacial score (nSPS) is 35.4. The molecular weight excluding hydrogens is 214 g/mol. The number of hydrogen-bond acceptors (Lipinski definition) is 2. The largest absolute Gasteiger partial charge is 0.332 e. The molecule has 1 aliphatic heterocycles. The van der Waals surface area contributed by atoms with Crippen LogP contribution in [-0.4, -0.2) is 29.2 Å². The van der Waals surface area contributed by atoms with Crippen molar-refractivity contribution in [2.75, 3.05) is 6.54 Å². The molecule has 1 heterocycles. The molecule has 1 saturated carbocycles. The fourth-order valence-corrected chi connectivity index (χ4v) is 3.44. The van der Waals surface area contributed by atoms with E-state index in [0.717, 1.165) is 13.0 Å². The predicted molar refractivity (Wildman–Crippen MR) is 66.4 cm³/mol. The van der Waals surface area contributed by atoms with E-state index in [1.165, 1.54) is 0 Å². The molecule has 17 heavy (non-hydrogen) atoms. The molecule has 2 unspecified atom stereocenters. The molecule has 0 aromatic heterocycles. The molecule has 0 spiro atoms. The Hall–Kier alpha value is -0.860. The maximum atomic E-state index is 12.2. The third-order valence-corrected chi connectivity index (χ3v) is 4.94. The SMILES string of the molecule is CC[C@H](C)C(=O)N1CC2C([C@H]1C(C)=O)C2(C)C. The number of rotatable bonds is 3. The van der Waals surface area contributed by atoms with E-state index in [9.17, 15) is 9.59 Å². The smallest absolute Gasteiger partial charge is 0.226 e. The Bertz CT molecular complexity index is 361. The van der Waals surface area contributed by atoms with Gasteiger partial charge in [-0.2, -0.15) is 0 Å². The number of piperidine rings is 1. The Balaban J connectivity index is 2.17. The summed E-state index contributed by atoms with van der Waals surface area (Å²) >= 11 is 0. The molecule has 0 radical (unpaired) electrons. The van der Waals surface area contributed by atoms with Crippen LogP contribution < -0.4 is 0 Å². The fourth-order valence-electron chi connectivity index (χ4n) is 3.44. The number of carbonyl (C=O) groups excluding carboxylic acids is 2. The van der Waals surface area contributed by atoms with Crippen molar-refractivity contribution in [1.29, 1.82) is 0 Å². The van der Waals surface area contributed by atoms with Crippen LogP contribution in [0.3, 0.4) is 0 Å². The van der Waals surface area contributed by atoms with Crippen LogP contribution in [0, 0.1) is 23.2 Å². The van der Waals surface area contributed by atoms with E-state index in [1.807, 2.05) is 18.7 Å². The molecule has 2 aliphatic rings. The molecule has 0 bridgehead atoms. The van der Waals surface area contributed by atoms with E-state index in [0.29, 0.717) is 11.8 Å². The molecule has 2 rings (SSSR count). The first-order chi connectivity index (χ1) is 7.82. The molecule has 1 aliphatic carbocycles. The first-order valence-corrected chi connectivity index (χ1v) is 6.63. The van der Waals surface area contributed by atoms with Gasteiger partial charge in [-0.25, -0.2) is 0 Å². The highest BCUT2D eigenvalue weighted by Gasteiger charge is 2.68. The Kier molecular flexibility index (Phi) is 2.83. The minimum atomic E-state index is -0.156. The van der Waals surface area contributed by atoms with E-state index in [-0.39, 0.29) is 29.1 Å². The number of fused-ring (bicyclic) bond motifs is 1. The van der Waals surface area contributed by atoms with Crippen molar-refractivity contribution >= 4 is 11.7 Å². The van der Waals surface area contributed by atoms with Crippen LogP contribution >= 0.6 is 0 Å². The number of ketones is 1. The summed E-state index contributed by atoms with van der Waals surface area (Å²) in [5.74, 6) is 1.28. The number of nitrogens with zero attached hydrogens (tertiary/aromatic N) is 1. The van der Waals surface area contributed by atoms with Gasteiger partial charge >= 0.3 is 0 Å². The molecule has 4 atom stereocenters. The van der Waals surface area contributed by atoms with Gasteiger partial charge in [0.05, 0.1) is 6.04 Å². The van der Waals surface area contributed by atoms with E-state index in [1.54, 1.807) is 6.92 Å². The van der Waals surface area contributed by atoms with Crippen molar-refractivity contribution in [3.8, 4) is 0 Å². The molecular formula is C14H23NO2. The Morgan fingerprint density at radius 2 is 2.00 bits per heavy atom. The lowest BCUT2D eigenvalue weighted by Crippen LogP contribution is -2.46. The van der Waals surface area contributed by atoms with Gasteiger partial charge in [0.2, 0.25) is 5.91 Å². The maximum Gasteiger partial charge on any atom is 0.226 e. The quantitative estimate of drug-likeness (QED) is 0.754. The Labute approximate surface area is 104 Å². The van der Waals surface area contributed by atoms with E-state index in [4.69, 9.17) is 0 Å². The Morgan fingerprint density at radius 1 is 1.41 bits per heavy atom. The molecule has 1 saturated heterocycles. The fraction of sp³-hybridized carbons (Fsp3) is 0.857. The molecule has 0 N–H and O–H groups in total. The van der Waals surface area contributed by atoms with Crippen molar-refractivity contribution in [3.63, 3.8) is 0 Å². The van der Waals surface area contributed by atoms with Gasteiger partial charge in [0, 0.05) is 12.5 Å². The van der Waals surface area contributed by atoms with Gasteiger partial charge in [0.25, 0.3) is 0 Å². The molecule has 96 valence electrons. The summed E-state index contributed by atoms with van der Waals surface area (Å²) in [5, 5.41) is 0. The van der Waals surface area contributed by atoms with Crippen LogP contribution in [-0.2, 0) is 9.59 Å². The standard InChI is InChI=1S/C14H23NO2/c1-6-8(2)13(17)15-7-10-11(14(10,4)5)12(15)9(3)16/h8,10-12H,6-7H2,1-5H3/t8-,10?,11?,12+/m0/s1. The molecule has 3 nitrogen and oxygen atoms in total. The lowest BCUT2D eigenvalue weighted by atomic mass is 9.97. The van der Waals surface area contributed by atoms with Gasteiger partial charge in [-0.1, -0.05) is 27.7 Å². The summed E-state index contributed by atoms with van der Waals surface area (Å²) in [6.07, 6.45) is 0.846. The second-order valence-corrected chi connectivity index (χ2v) is 6.31. The lowest BCUT2D eigenvalue weighted by Gasteiger charge is -2.31. The zero-order valence-corrected chi connectivity index (χ0v) is 11.5. The van der Waals surface area contributed by atoms with Crippen LogP contribution in [0.15, 0.2) is 0 Å². The number of Topliss-reactive ketones (excluding diaryl/α,β-unsaturated/α-hetero) is 1. The molecule has 0 aromatic rings. The zero-order valence-electron chi connectivity index (χ0n) is 11.5. The summed E-state index contributed by atoms with van der Waals surface area (Å²) in [6, 6.07) is -0.156. The summed E-state index contributed by atoms with van der Waals surface area (Å²) in [6.45, 7) is 10.8. The van der Waals surface area contributed by atoms with E-state index in [2.05, 4.69) is 13.8 Å². The monoisotopic (exact) mass is 237 g/mol. The van der Waals surface area contributed by atoms with Crippen LogP contribution in [0.5, 0.6) is 0 Å². The summed E-state index contributed by atoms with van der Waals surface area (Å²) < 4.78 is 0. The predicted octanol–water partition coefficient (Wildman–Crippen LogP) is 2.10. The number of hydrogen-bond donors (Lipinski definition) is 0. The number of likely N-dealkylation sites (tertiary alicyclic amines) is 1. The first-order valence-electron chi connectivity index (χ1n) is 6.63. The van der Waals surface area contributed by atoms with Crippen LogP contribution in [0.1, 0.15) is 41.0 Å². The van der Waals surface area contributed by atoms with Gasteiger partial charge in [0.15, 0.2) is 5.78 Å². The molecule has 1 amide bonds. The molecule has 2 fully saturated rings. The van der Waals surface area contributed by atoms with Crippen molar-refractivity contribution < 1.29 is 9.59 Å². The molecule has 0 aromatic carbocycles. The zero-order chi connectivity index (χ0) is 13.0. The molecule has 3 heteroatoms. The van der Waals surface area contributed by atoms with Crippen LogP contribution in [0.4, 0.5) is 0 Å². The van der Waals surface area contributed by atoms with Crippen LogP contribution in [0.25, 0.3) is 0 Å². The Morgan fingerprint density at radius 3 is 2.47 bits per heavy atom. The summed E-state index contributed by atoms with van der Waals surface area (Å²) in [7, 11) is 0. The van der Waals surface area contributed by atoms with Crippen molar-refractivity contribution in [2.45, 2.75) is 47.1 Å². The highest BCUT2D eigenvalue weighted by atomic mass is 16.2. The minimum Gasteiger partial charge on any atom is -0.332 e. The summed E-state index contributed by atoms with van der Waals surface area (Å²) in [4.78, 5) is 25.9. The van der Waals surface area contributed by atoms with Crippen molar-refractivity contribution in [3.05, 3.63) is 0 Å². The average Bonchev–Trinajstić information content (AvgIpc) is 2.68. The van der Waals surface area contributed by atoms with Gasteiger partial charge < -0.3 is 4.90 Å². The van der Waals surface area contributed by atoms with Crippen LogP contribution in [0.2, 0.25) is 0 Å². The number of amides is 1. The second kappa shape index (κ2) is 3.82. The van der Waals surface area contributed by atoms with E-state index >= 15 is 0 Å². The number of carbonyl (C=O) groups is 2. The third-order valence-electron chi connectivity index (χ3n) is 4.94. The maximum absolute atomic E-state index is 12.2. The van der Waals surface area contributed by atoms with Gasteiger partial charge in [-0.05, 0) is 30.6 Å². The highest BCUT2D eigenvalue weighted by Crippen LogP contribution is 2.65. The van der Waals surface area contributed by atoms with Gasteiger partial charge in [-0.15, -0.1) is 0 Å². The topological polar surface area (TPSA) is 37.4 Å². The second-order valence-electron chi connectivity index (χ2n) is 6.31. The average molecular weight is 237 g/mol. The lowest BCUT2D eigenvalue weighted by molar-refractivity contribution is -0.141. The van der Waals surface area contributed by atoms with E-state index < -0.39 is 0 Å².